The van der Waals surface area contributed by atoms with Crippen LogP contribution < -0.4 is 11.1 Å². The molecule has 0 aliphatic heterocycles. The van der Waals surface area contributed by atoms with Gasteiger partial charge in [0, 0.05) is 30.1 Å². The number of aromatic amines is 1. The number of hydrogen-bond donors (Lipinski definition) is 3. The lowest BCUT2D eigenvalue weighted by atomic mass is 10.1. The van der Waals surface area contributed by atoms with Gasteiger partial charge in [0.25, 0.3) is 5.91 Å². The summed E-state index contributed by atoms with van der Waals surface area (Å²) in [5.74, 6) is -0.110. The fourth-order valence-corrected chi connectivity index (χ4v) is 3.00. The van der Waals surface area contributed by atoms with Gasteiger partial charge in [-0.05, 0) is 38.0 Å². The molecule has 1 fully saturated rings. The molecule has 1 saturated carbocycles. The first kappa shape index (κ1) is 14.1. The fraction of sp³-hybridized carbons (Fsp3) is 0.438. The summed E-state index contributed by atoms with van der Waals surface area (Å²) in [6, 6.07) is 7.87. The van der Waals surface area contributed by atoms with Crippen LogP contribution in [-0.4, -0.2) is 36.2 Å². The summed E-state index contributed by atoms with van der Waals surface area (Å²) >= 11 is 0. The Morgan fingerprint density at radius 3 is 2.90 bits per heavy atom. The minimum Gasteiger partial charge on any atom is -0.381 e. The van der Waals surface area contributed by atoms with Gasteiger partial charge >= 0.3 is 0 Å². The third-order valence-electron chi connectivity index (χ3n) is 4.24. The van der Waals surface area contributed by atoms with E-state index in [0.717, 1.165) is 23.7 Å². The van der Waals surface area contributed by atoms with Crippen molar-refractivity contribution in [3.8, 4) is 0 Å². The van der Waals surface area contributed by atoms with Gasteiger partial charge in [0.15, 0.2) is 0 Å². The smallest absolute Gasteiger partial charge is 0.268 e. The van der Waals surface area contributed by atoms with Gasteiger partial charge in [-0.15, -0.1) is 0 Å². The number of amides is 1. The number of ether oxygens (including phenoxy) is 1. The molecule has 2 aromatic rings. The predicted octanol–water partition coefficient (Wildman–Crippen LogP) is 1.71. The van der Waals surface area contributed by atoms with Gasteiger partial charge in [-0.2, -0.15) is 0 Å². The van der Waals surface area contributed by atoms with Crippen molar-refractivity contribution in [2.45, 2.75) is 38.0 Å². The molecule has 112 valence electrons. The van der Waals surface area contributed by atoms with E-state index >= 15 is 0 Å². The summed E-state index contributed by atoms with van der Waals surface area (Å²) in [6.07, 6.45) is 1.69. The second-order valence-corrected chi connectivity index (χ2v) is 5.85. The van der Waals surface area contributed by atoms with Crippen molar-refractivity contribution in [2.24, 2.45) is 5.73 Å². The molecule has 3 atom stereocenters. The van der Waals surface area contributed by atoms with Gasteiger partial charge in [0.1, 0.15) is 5.69 Å². The lowest BCUT2D eigenvalue weighted by Crippen LogP contribution is -2.44. The van der Waals surface area contributed by atoms with Crippen LogP contribution in [0.4, 0.5) is 0 Å². The fourth-order valence-electron chi connectivity index (χ4n) is 3.00. The second-order valence-electron chi connectivity index (χ2n) is 5.85. The van der Waals surface area contributed by atoms with Crippen LogP contribution in [0, 0.1) is 6.92 Å². The first-order valence-corrected chi connectivity index (χ1v) is 7.25. The highest BCUT2D eigenvalue weighted by Crippen LogP contribution is 2.22. The molecule has 21 heavy (non-hydrogen) atoms. The summed E-state index contributed by atoms with van der Waals surface area (Å²) < 4.78 is 5.32. The Morgan fingerprint density at radius 1 is 1.38 bits per heavy atom. The first-order valence-electron chi connectivity index (χ1n) is 7.25. The summed E-state index contributed by atoms with van der Waals surface area (Å²) in [4.78, 5) is 15.5. The highest BCUT2D eigenvalue weighted by Gasteiger charge is 2.33. The third kappa shape index (κ3) is 2.80. The lowest BCUT2D eigenvalue weighted by molar-refractivity contribution is 0.0910. The van der Waals surface area contributed by atoms with Crippen LogP contribution in [0.25, 0.3) is 10.9 Å². The van der Waals surface area contributed by atoms with Gasteiger partial charge in [0.05, 0.1) is 6.10 Å². The van der Waals surface area contributed by atoms with E-state index in [0.29, 0.717) is 5.69 Å². The number of H-pyrrole nitrogens is 1. The Labute approximate surface area is 123 Å². The largest absolute Gasteiger partial charge is 0.381 e. The number of hydrogen-bond acceptors (Lipinski definition) is 3. The Morgan fingerprint density at radius 2 is 2.19 bits per heavy atom. The molecule has 4 N–H and O–H groups in total. The quantitative estimate of drug-likeness (QED) is 0.804. The minimum absolute atomic E-state index is 0.0319. The Hall–Kier alpha value is -1.85. The molecular formula is C16H21N3O2. The average molecular weight is 287 g/mol. The molecule has 0 radical (unpaired) electrons. The molecule has 1 aromatic heterocycles. The van der Waals surface area contributed by atoms with Gasteiger partial charge in [-0.25, -0.2) is 0 Å². The van der Waals surface area contributed by atoms with E-state index in [-0.39, 0.29) is 24.1 Å². The van der Waals surface area contributed by atoms with E-state index in [9.17, 15) is 4.79 Å². The number of benzene rings is 1. The van der Waals surface area contributed by atoms with E-state index < -0.39 is 0 Å². The van der Waals surface area contributed by atoms with Crippen LogP contribution in [0.15, 0.2) is 24.3 Å². The number of nitrogens with two attached hydrogens (primary N) is 1. The molecule has 1 aliphatic carbocycles. The van der Waals surface area contributed by atoms with Crippen molar-refractivity contribution in [2.75, 3.05) is 7.11 Å². The normalized spacial score (nSPS) is 25.4. The number of rotatable bonds is 3. The number of methoxy groups -OCH3 is 1. The number of carbonyl (C=O) groups is 1. The van der Waals surface area contributed by atoms with E-state index in [4.69, 9.17) is 10.5 Å². The molecule has 0 bridgehead atoms. The van der Waals surface area contributed by atoms with Crippen molar-refractivity contribution in [1.29, 1.82) is 0 Å². The Bertz CT molecular complexity index is 665. The number of nitrogens with one attached hydrogen (secondary N) is 2. The second kappa shape index (κ2) is 5.50. The van der Waals surface area contributed by atoms with E-state index in [1.165, 1.54) is 5.56 Å². The summed E-state index contributed by atoms with van der Waals surface area (Å²) in [5.41, 5.74) is 8.78. The number of fused-ring (bicyclic) bond motifs is 1. The van der Waals surface area contributed by atoms with Gasteiger partial charge in [-0.3, -0.25) is 4.79 Å². The minimum atomic E-state index is -0.110. The SMILES string of the molecule is COC1C[C@@H](N)[C@H](NC(=O)c2cc3cc(C)ccc3[nH]2)C1. The zero-order chi connectivity index (χ0) is 15.0. The Kier molecular flexibility index (Phi) is 3.69. The molecule has 3 rings (SSSR count). The topological polar surface area (TPSA) is 80.1 Å². The molecule has 5 nitrogen and oxygen atoms in total. The molecule has 0 spiro atoms. The number of carbonyl (C=O) groups excluding carboxylic acids is 1. The number of aromatic nitrogens is 1. The highest BCUT2D eigenvalue weighted by atomic mass is 16.5. The van der Waals surface area contributed by atoms with Crippen LogP contribution in [0.1, 0.15) is 28.9 Å². The van der Waals surface area contributed by atoms with Crippen LogP contribution in [0.5, 0.6) is 0 Å². The molecule has 5 heteroatoms. The van der Waals surface area contributed by atoms with Crippen molar-refractivity contribution in [3.05, 3.63) is 35.5 Å². The monoisotopic (exact) mass is 287 g/mol. The molecule has 1 aliphatic rings. The molecular weight excluding hydrogens is 266 g/mol. The lowest BCUT2D eigenvalue weighted by Gasteiger charge is -2.16. The van der Waals surface area contributed by atoms with Gasteiger partial charge in [0.2, 0.25) is 0 Å². The van der Waals surface area contributed by atoms with Crippen molar-refractivity contribution in [3.63, 3.8) is 0 Å². The third-order valence-corrected chi connectivity index (χ3v) is 4.24. The molecule has 1 heterocycles. The van der Waals surface area contributed by atoms with E-state index in [2.05, 4.69) is 16.4 Å². The standard InChI is InChI=1S/C16H21N3O2/c1-9-3-4-13-10(5-9)6-15(18-13)16(20)19-14-8-11(21-2)7-12(14)17/h3-6,11-12,14,18H,7-8,17H2,1-2H3,(H,19,20)/t11?,12-,14-/m1/s1. The maximum atomic E-state index is 12.4. The van der Waals surface area contributed by atoms with E-state index in [1.54, 1.807) is 7.11 Å². The zero-order valence-corrected chi connectivity index (χ0v) is 12.3. The van der Waals surface area contributed by atoms with Crippen LogP contribution in [-0.2, 0) is 4.74 Å². The zero-order valence-electron chi connectivity index (χ0n) is 12.3. The van der Waals surface area contributed by atoms with E-state index in [1.807, 2.05) is 25.1 Å². The van der Waals surface area contributed by atoms with Crippen LogP contribution >= 0.6 is 0 Å². The molecule has 1 unspecified atom stereocenters. The molecule has 1 amide bonds. The highest BCUT2D eigenvalue weighted by molar-refractivity contribution is 5.98. The van der Waals surface area contributed by atoms with Gasteiger partial charge in [-0.1, -0.05) is 11.6 Å². The summed E-state index contributed by atoms with van der Waals surface area (Å²) in [7, 11) is 1.68. The molecule has 1 aromatic carbocycles. The number of aryl methyl sites for hydroxylation is 1. The van der Waals surface area contributed by atoms with Crippen LogP contribution in [0.3, 0.4) is 0 Å². The summed E-state index contributed by atoms with van der Waals surface area (Å²) in [6.45, 7) is 2.04. The van der Waals surface area contributed by atoms with Crippen molar-refractivity contribution in [1.82, 2.24) is 10.3 Å². The first-order chi connectivity index (χ1) is 10.1. The summed E-state index contributed by atoms with van der Waals surface area (Å²) in [5, 5.41) is 4.06. The maximum Gasteiger partial charge on any atom is 0.268 e. The molecule has 0 saturated heterocycles. The van der Waals surface area contributed by atoms with Crippen molar-refractivity contribution >= 4 is 16.8 Å². The van der Waals surface area contributed by atoms with Crippen LogP contribution in [0.2, 0.25) is 0 Å². The average Bonchev–Trinajstić information content (AvgIpc) is 3.02. The van der Waals surface area contributed by atoms with Crippen molar-refractivity contribution < 1.29 is 9.53 Å². The van der Waals surface area contributed by atoms with Gasteiger partial charge < -0.3 is 20.8 Å². The Balaban J connectivity index is 1.75. The maximum absolute atomic E-state index is 12.4. The predicted molar refractivity (Wildman–Crippen MR) is 82.3 cm³/mol.